The molecule has 1 aliphatic carbocycles. The number of amides is 2. The largest absolute Gasteiger partial charge is 0.350 e. The Kier molecular flexibility index (Phi) is 2.55. The molecule has 1 aromatic rings. The molecule has 15 heavy (non-hydrogen) atoms. The van der Waals surface area contributed by atoms with Crippen molar-refractivity contribution in [2.75, 3.05) is 6.54 Å². The molecule has 2 unspecified atom stereocenters. The average molecular weight is 207 g/mol. The number of hydroxylamine groups is 2. The molecule has 1 aliphatic rings. The van der Waals surface area contributed by atoms with Crippen LogP contribution < -0.4 is 5.73 Å². The van der Waals surface area contributed by atoms with Gasteiger partial charge < -0.3 is 5.73 Å². The summed E-state index contributed by atoms with van der Waals surface area (Å²) in [6.07, 6.45) is 4.51. The first-order valence-corrected chi connectivity index (χ1v) is 4.84. The fourth-order valence-corrected chi connectivity index (χ4v) is 1.77. The zero-order chi connectivity index (χ0) is 10.8. The van der Waals surface area contributed by atoms with Crippen molar-refractivity contribution in [2.24, 2.45) is 11.7 Å². The van der Waals surface area contributed by atoms with Gasteiger partial charge in [-0.1, -0.05) is 6.07 Å². The quantitative estimate of drug-likeness (QED) is 0.572. The third kappa shape index (κ3) is 2.24. The lowest BCUT2D eigenvalue weighted by Crippen LogP contribution is -2.34. The van der Waals surface area contributed by atoms with E-state index in [9.17, 15) is 4.79 Å². The highest BCUT2D eigenvalue weighted by Gasteiger charge is 2.39. The lowest BCUT2D eigenvalue weighted by Gasteiger charge is -2.10. The molecule has 2 atom stereocenters. The topological polar surface area (TPSA) is 79.5 Å². The molecule has 2 rings (SSSR count). The first-order chi connectivity index (χ1) is 7.18. The lowest BCUT2D eigenvalue weighted by molar-refractivity contribution is -0.0431. The van der Waals surface area contributed by atoms with Gasteiger partial charge in [0.25, 0.3) is 0 Å². The first-order valence-electron chi connectivity index (χ1n) is 4.84. The smallest absolute Gasteiger partial charge is 0.338 e. The van der Waals surface area contributed by atoms with Crippen LogP contribution in [0.25, 0.3) is 0 Å². The average Bonchev–Trinajstić information content (AvgIpc) is 2.98. The van der Waals surface area contributed by atoms with Gasteiger partial charge >= 0.3 is 6.03 Å². The van der Waals surface area contributed by atoms with E-state index >= 15 is 0 Å². The molecule has 5 heteroatoms. The van der Waals surface area contributed by atoms with Gasteiger partial charge in [-0.05, 0) is 29.9 Å². The van der Waals surface area contributed by atoms with Crippen molar-refractivity contribution < 1.29 is 10.0 Å². The molecule has 5 nitrogen and oxygen atoms in total. The number of rotatable bonds is 3. The van der Waals surface area contributed by atoms with E-state index in [4.69, 9.17) is 10.9 Å². The SMILES string of the molecule is NC(=O)N(O)CC1CC1c1cccnc1. The van der Waals surface area contributed by atoms with Crippen LogP contribution in [0.4, 0.5) is 4.79 Å². The number of nitrogens with two attached hydrogens (primary N) is 1. The number of aromatic nitrogens is 1. The minimum absolute atomic E-state index is 0.298. The normalized spacial score (nSPS) is 23.5. The monoisotopic (exact) mass is 207 g/mol. The molecular weight excluding hydrogens is 194 g/mol. The van der Waals surface area contributed by atoms with Crippen LogP contribution in [0.3, 0.4) is 0 Å². The molecule has 0 spiro atoms. The maximum atomic E-state index is 10.6. The van der Waals surface area contributed by atoms with E-state index in [1.807, 2.05) is 18.3 Å². The minimum Gasteiger partial charge on any atom is -0.350 e. The summed E-state index contributed by atoms with van der Waals surface area (Å²) >= 11 is 0. The van der Waals surface area contributed by atoms with Gasteiger partial charge in [0.15, 0.2) is 0 Å². The summed E-state index contributed by atoms with van der Waals surface area (Å²) in [5.41, 5.74) is 6.07. The van der Waals surface area contributed by atoms with Gasteiger partial charge in [-0.15, -0.1) is 0 Å². The van der Waals surface area contributed by atoms with Crippen molar-refractivity contribution in [1.82, 2.24) is 10.0 Å². The summed E-state index contributed by atoms with van der Waals surface area (Å²) in [6.45, 7) is 0.300. The van der Waals surface area contributed by atoms with Crippen molar-refractivity contribution in [3.8, 4) is 0 Å². The summed E-state index contributed by atoms with van der Waals surface area (Å²) in [7, 11) is 0. The molecule has 2 amide bonds. The Bertz CT molecular complexity index is 355. The summed E-state index contributed by atoms with van der Waals surface area (Å²) in [6, 6.07) is 3.09. The highest BCUT2D eigenvalue weighted by molar-refractivity contribution is 5.70. The third-order valence-corrected chi connectivity index (χ3v) is 2.70. The third-order valence-electron chi connectivity index (χ3n) is 2.70. The Morgan fingerprint density at radius 2 is 2.53 bits per heavy atom. The van der Waals surface area contributed by atoms with Gasteiger partial charge in [-0.2, -0.15) is 0 Å². The van der Waals surface area contributed by atoms with Crippen molar-refractivity contribution in [3.63, 3.8) is 0 Å². The summed E-state index contributed by atoms with van der Waals surface area (Å²) < 4.78 is 0. The molecule has 1 fully saturated rings. The van der Waals surface area contributed by atoms with E-state index in [1.165, 1.54) is 0 Å². The van der Waals surface area contributed by atoms with Crippen molar-refractivity contribution >= 4 is 6.03 Å². The zero-order valence-electron chi connectivity index (χ0n) is 8.21. The molecule has 0 bridgehead atoms. The van der Waals surface area contributed by atoms with Gasteiger partial charge in [0.1, 0.15) is 0 Å². The van der Waals surface area contributed by atoms with Crippen molar-refractivity contribution in [1.29, 1.82) is 0 Å². The van der Waals surface area contributed by atoms with Crippen molar-refractivity contribution in [2.45, 2.75) is 12.3 Å². The van der Waals surface area contributed by atoms with E-state index in [0.717, 1.165) is 12.0 Å². The number of hydrogen-bond acceptors (Lipinski definition) is 3. The second-order valence-electron chi connectivity index (χ2n) is 3.81. The van der Waals surface area contributed by atoms with E-state index in [-0.39, 0.29) is 0 Å². The number of carbonyl (C=O) groups excluding carboxylic acids is 1. The van der Waals surface area contributed by atoms with E-state index in [1.54, 1.807) is 6.20 Å². The maximum absolute atomic E-state index is 10.6. The van der Waals surface area contributed by atoms with Crippen LogP contribution in [0.15, 0.2) is 24.5 Å². The van der Waals surface area contributed by atoms with E-state index in [0.29, 0.717) is 23.4 Å². The fourth-order valence-electron chi connectivity index (χ4n) is 1.77. The van der Waals surface area contributed by atoms with Crippen LogP contribution in [0.1, 0.15) is 17.9 Å². The van der Waals surface area contributed by atoms with E-state index < -0.39 is 6.03 Å². The molecule has 80 valence electrons. The molecule has 0 saturated heterocycles. The number of primary amides is 1. The number of nitrogens with zero attached hydrogens (tertiary/aromatic N) is 2. The maximum Gasteiger partial charge on any atom is 0.338 e. The van der Waals surface area contributed by atoms with Crippen LogP contribution >= 0.6 is 0 Å². The summed E-state index contributed by atoms with van der Waals surface area (Å²) in [5, 5.41) is 9.72. The number of urea groups is 1. The predicted octanol–water partition coefficient (Wildman–Crippen LogP) is 0.955. The fraction of sp³-hybridized carbons (Fsp3) is 0.400. The Labute approximate surface area is 87.5 Å². The molecule has 0 radical (unpaired) electrons. The Morgan fingerprint density at radius 1 is 1.73 bits per heavy atom. The first kappa shape index (κ1) is 9.92. The molecular formula is C10H13N3O2. The minimum atomic E-state index is -0.799. The van der Waals surface area contributed by atoms with Gasteiger partial charge in [0.05, 0.1) is 6.54 Å². The molecule has 1 saturated carbocycles. The molecule has 3 N–H and O–H groups in total. The highest BCUT2D eigenvalue weighted by atomic mass is 16.5. The highest BCUT2D eigenvalue weighted by Crippen LogP contribution is 2.47. The molecule has 1 heterocycles. The summed E-state index contributed by atoms with van der Waals surface area (Å²) in [5.74, 6) is 0.694. The predicted molar refractivity (Wildman–Crippen MR) is 53.2 cm³/mol. The van der Waals surface area contributed by atoms with Crippen LogP contribution in [-0.4, -0.2) is 27.8 Å². The van der Waals surface area contributed by atoms with Crippen LogP contribution in [0.5, 0.6) is 0 Å². The zero-order valence-corrected chi connectivity index (χ0v) is 8.21. The second kappa shape index (κ2) is 3.86. The Morgan fingerprint density at radius 3 is 3.13 bits per heavy atom. The number of carbonyl (C=O) groups is 1. The number of hydrogen-bond donors (Lipinski definition) is 2. The van der Waals surface area contributed by atoms with Gasteiger partial charge in [-0.25, -0.2) is 9.86 Å². The van der Waals surface area contributed by atoms with Gasteiger partial charge in [0, 0.05) is 12.4 Å². The van der Waals surface area contributed by atoms with E-state index in [2.05, 4.69) is 4.98 Å². The van der Waals surface area contributed by atoms with Crippen LogP contribution in [0, 0.1) is 5.92 Å². The molecule has 0 aromatic carbocycles. The van der Waals surface area contributed by atoms with Crippen molar-refractivity contribution in [3.05, 3.63) is 30.1 Å². The van der Waals surface area contributed by atoms with Gasteiger partial charge in [-0.3, -0.25) is 10.2 Å². The summed E-state index contributed by atoms with van der Waals surface area (Å²) in [4.78, 5) is 14.6. The van der Waals surface area contributed by atoms with Gasteiger partial charge in [0.2, 0.25) is 0 Å². The molecule has 0 aliphatic heterocycles. The van der Waals surface area contributed by atoms with Crippen LogP contribution in [-0.2, 0) is 0 Å². The standard InChI is InChI=1S/C10H13N3O2/c11-10(14)13(15)6-8-4-9(8)7-2-1-3-12-5-7/h1-3,5,8-9,15H,4,6H2,(H2,11,14). The Balaban J connectivity index is 1.89. The lowest BCUT2D eigenvalue weighted by atomic mass is 10.1. The number of pyridine rings is 1. The molecule has 1 aromatic heterocycles. The Hall–Kier alpha value is -1.62. The second-order valence-corrected chi connectivity index (χ2v) is 3.81. The van der Waals surface area contributed by atoms with Crippen LogP contribution in [0.2, 0.25) is 0 Å².